The molecule has 0 saturated heterocycles. The zero-order chi connectivity index (χ0) is 20.4. The summed E-state index contributed by atoms with van der Waals surface area (Å²) >= 11 is 9.51. The Morgan fingerprint density at radius 1 is 1.14 bits per heavy atom. The Labute approximate surface area is 180 Å². The molecule has 9 heteroatoms. The lowest BCUT2D eigenvalue weighted by Crippen LogP contribution is -2.05. The Balaban J connectivity index is 1.55. The molecular formula is C20H17BrClN5O2. The molecule has 4 rings (SSSR count). The second kappa shape index (κ2) is 8.36. The van der Waals surface area contributed by atoms with E-state index in [-0.39, 0.29) is 11.9 Å². The summed E-state index contributed by atoms with van der Waals surface area (Å²) in [6, 6.07) is 13.4. The molecule has 0 atom stereocenters. The minimum absolute atomic E-state index is 0.0215. The van der Waals surface area contributed by atoms with Gasteiger partial charge in [0.05, 0.1) is 24.7 Å². The molecule has 7 nitrogen and oxygen atoms in total. The number of anilines is 1. The maximum atomic E-state index is 9.26. The first kappa shape index (κ1) is 19.6. The van der Waals surface area contributed by atoms with Crippen molar-refractivity contribution in [3.63, 3.8) is 0 Å². The molecule has 4 aromatic rings. The molecule has 0 unspecified atom stereocenters. The number of aliphatic hydroxyl groups is 1. The molecule has 29 heavy (non-hydrogen) atoms. The second-order valence-corrected chi connectivity index (χ2v) is 7.63. The van der Waals surface area contributed by atoms with Crippen molar-refractivity contribution >= 4 is 44.4 Å². The largest absolute Gasteiger partial charge is 0.489 e. The van der Waals surface area contributed by atoms with Crippen LogP contribution in [0.25, 0.3) is 11.0 Å². The van der Waals surface area contributed by atoms with Gasteiger partial charge in [-0.15, -0.1) is 0 Å². The quantitative estimate of drug-likeness (QED) is 0.411. The topological polar surface area (TPSA) is 99.1 Å². The van der Waals surface area contributed by atoms with Crippen LogP contribution in [-0.2, 0) is 19.8 Å². The Kier molecular flexibility index (Phi) is 5.66. The molecule has 2 aromatic heterocycles. The van der Waals surface area contributed by atoms with Gasteiger partial charge in [-0.3, -0.25) is 0 Å². The smallest absolute Gasteiger partial charge is 0.226 e. The summed E-state index contributed by atoms with van der Waals surface area (Å²) in [6.07, 6.45) is 1.64. The number of hydrogen-bond acceptors (Lipinski definition) is 6. The van der Waals surface area contributed by atoms with Crippen LogP contribution >= 0.6 is 27.5 Å². The van der Waals surface area contributed by atoms with Crippen molar-refractivity contribution in [1.82, 2.24) is 19.7 Å². The van der Waals surface area contributed by atoms with Crippen molar-refractivity contribution in [2.75, 3.05) is 5.73 Å². The number of nitrogen functional groups attached to an aromatic ring is 1. The maximum absolute atomic E-state index is 9.26. The zero-order valence-electron chi connectivity index (χ0n) is 15.2. The molecule has 148 valence electrons. The highest BCUT2D eigenvalue weighted by Crippen LogP contribution is 2.24. The van der Waals surface area contributed by atoms with Crippen LogP contribution in [0.5, 0.6) is 5.75 Å². The molecule has 0 amide bonds. The molecule has 2 aromatic carbocycles. The number of nitrogens with two attached hydrogens (primary N) is 1. The number of benzene rings is 2. The lowest BCUT2D eigenvalue weighted by Gasteiger charge is -2.11. The minimum atomic E-state index is -0.0215. The van der Waals surface area contributed by atoms with Crippen molar-refractivity contribution in [2.45, 2.75) is 19.8 Å². The number of aromatic nitrogens is 4. The van der Waals surface area contributed by atoms with Crippen molar-refractivity contribution in [1.29, 1.82) is 0 Å². The van der Waals surface area contributed by atoms with Gasteiger partial charge in [0, 0.05) is 10.0 Å². The van der Waals surface area contributed by atoms with Gasteiger partial charge in [-0.25, -0.2) is 9.67 Å². The highest BCUT2D eigenvalue weighted by Gasteiger charge is 2.11. The lowest BCUT2D eigenvalue weighted by molar-refractivity contribution is 0.278. The third kappa shape index (κ3) is 4.34. The van der Waals surface area contributed by atoms with Gasteiger partial charge >= 0.3 is 0 Å². The first-order chi connectivity index (χ1) is 14.0. The van der Waals surface area contributed by atoms with Crippen LogP contribution in [0.2, 0.25) is 5.28 Å². The summed E-state index contributed by atoms with van der Waals surface area (Å²) in [5, 5.41) is 14.4. The Hall–Kier alpha value is -2.68. The fourth-order valence-corrected chi connectivity index (χ4v) is 3.50. The van der Waals surface area contributed by atoms with E-state index in [1.807, 2.05) is 42.5 Å². The van der Waals surface area contributed by atoms with Crippen LogP contribution in [0.15, 0.2) is 53.1 Å². The Morgan fingerprint density at radius 2 is 2.00 bits per heavy atom. The average molecular weight is 475 g/mol. The van der Waals surface area contributed by atoms with Gasteiger partial charge in [-0.1, -0.05) is 34.1 Å². The zero-order valence-corrected chi connectivity index (χ0v) is 17.6. The minimum Gasteiger partial charge on any atom is -0.489 e. The van der Waals surface area contributed by atoms with Crippen molar-refractivity contribution in [2.24, 2.45) is 0 Å². The van der Waals surface area contributed by atoms with Gasteiger partial charge in [0.25, 0.3) is 0 Å². The summed E-state index contributed by atoms with van der Waals surface area (Å²) < 4.78 is 8.57. The molecular weight excluding hydrogens is 458 g/mol. The number of nitrogens with zero attached hydrogens (tertiary/aromatic N) is 4. The molecule has 0 radical (unpaired) electrons. The number of aliphatic hydroxyl groups excluding tert-OH is 1. The van der Waals surface area contributed by atoms with Gasteiger partial charge in [0.2, 0.25) is 5.28 Å². The standard InChI is InChI=1S/C20H17BrClN5O2/c21-17-5-4-12(6-14(17)11-29-15-3-1-2-13(7-15)10-28)9-27-19-16(8-24-27)18(23)25-20(22)26-19/h1-8,28H,9-11H2,(H2,23,25,26). The predicted octanol–water partition coefficient (Wildman–Crippen LogP) is 3.94. The number of halogens is 2. The van der Waals surface area contributed by atoms with Gasteiger partial charge in [-0.2, -0.15) is 10.1 Å². The van der Waals surface area contributed by atoms with Gasteiger partial charge in [-0.05, 0) is 47.0 Å². The Bertz CT molecular complexity index is 1180. The monoisotopic (exact) mass is 473 g/mol. The molecule has 0 aliphatic rings. The number of rotatable bonds is 6. The summed E-state index contributed by atoms with van der Waals surface area (Å²) in [5.41, 5.74) is 9.30. The van der Waals surface area contributed by atoms with Crippen LogP contribution in [0.1, 0.15) is 16.7 Å². The van der Waals surface area contributed by atoms with E-state index in [1.54, 1.807) is 10.9 Å². The van der Waals surface area contributed by atoms with E-state index in [2.05, 4.69) is 31.0 Å². The summed E-state index contributed by atoms with van der Waals surface area (Å²) in [4.78, 5) is 8.20. The fourth-order valence-electron chi connectivity index (χ4n) is 2.97. The predicted molar refractivity (Wildman–Crippen MR) is 115 cm³/mol. The summed E-state index contributed by atoms with van der Waals surface area (Å²) in [7, 11) is 0. The molecule has 0 aliphatic carbocycles. The van der Waals surface area contributed by atoms with Crippen LogP contribution in [0, 0.1) is 0 Å². The van der Waals surface area contributed by atoms with Gasteiger partial charge < -0.3 is 15.6 Å². The van der Waals surface area contributed by atoms with Crippen molar-refractivity contribution < 1.29 is 9.84 Å². The van der Waals surface area contributed by atoms with E-state index in [1.165, 1.54) is 0 Å². The van der Waals surface area contributed by atoms with Crippen LogP contribution < -0.4 is 10.5 Å². The molecule has 0 saturated carbocycles. The molecule has 0 bridgehead atoms. The number of fused-ring (bicyclic) bond motifs is 1. The van der Waals surface area contributed by atoms with E-state index in [9.17, 15) is 5.11 Å². The molecule has 0 aliphatic heterocycles. The number of hydrogen-bond donors (Lipinski definition) is 2. The second-order valence-electron chi connectivity index (χ2n) is 6.44. The van der Waals surface area contributed by atoms with Crippen molar-refractivity contribution in [3.05, 3.63) is 75.1 Å². The summed E-state index contributed by atoms with van der Waals surface area (Å²) in [5.74, 6) is 1.01. The van der Waals surface area contributed by atoms with E-state index in [0.29, 0.717) is 35.8 Å². The Morgan fingerprint density at radius 3 is 2.83 bits per heavy atom. The van der Waals surface area contributed by atoms with Crippen LogP contribution in [0.4, 0.5) is 5.82 Å². The highest BCUT2D eigenvalue weighted by atomic mass is 79.9. The first-order valence-corrected chi connectivity index (χ1v) is 9.95. The third-order valence-corrected chi connectivity index (χ3v) is 5.36. The molecule has 0 spiro atoms. The normalized spacial score (nSPS) is 11.1. The molecule has 2 heterocycles. The maximum Gasteiger partial charge on any atom is 0.226 e. The van der Waals surface area contributed by atoms with Gasteiger partial charge in [0.15, 0.2) is 5.65 Å². The first-order valence-electron chi connectivity index (χ1n) is 8.78. The van der Waals surface area contributed by atoms with Crippen molar-refractivity contribution in [3.8, 4) is 5.75 Å². The molecule has 0 fully saturated rings. The lowest BCUT2D eigenvalue weighted by atomic mass is 10.1. The van der Waals surface area contributed by atoms with Gasteiger partial charge in [0.1, 0.15) is 18.2 Å². The van der Waals surface area contributed by atoms with E-state index in [0.717, 1.165) is 21.2 Å². The average Bonchev–Trinajstić information content (AvgIpc) is 3.11. The van der Waals surface area contributed by atoms with E-state index < -0.39 is 0 Å². The van der Waals surface area contributed by atoms with E-state index >= 15 is 0 Å². The fraction of sp³-hybridized carbons (Fsp3) is 0.150. The number of ether oxygens (including phenoxy) is 1. The highest BCUT2D eigenvalue weighted by molar-refractivity contribution is 9.10. The van der Waals surface area contributed by atoms with E-state index in [4.69, 9.17) is 22.1 Å². The molecule has 3 N–H and O–H groups in total. The van der Waals surface area contributed by atoms with Crippen LogP contribution in [0.3, 0.4) is 0 Å². The van der Waals surface area contributed by atoms with Crippen LogP contribution in [-0.4, -0.2) is 24.9 Å². The third-order valence-electron chi connectivity index (χ3n) is 4.42. The summed E-state index contributed by atoms with van der Waals surface area (Å²) in [6.45, 7) is 0.854. The SMILES string of the molecule is Nc1nc(Cl)nc2c1cnn2Cc1ccc(Br)c(COc2cccc(CO)c2)c1.